The lowest BCUT2D eigenvalue weighted by Gasteiger charge is -2.02. The summed E-state index contributed by atoms with van der Waals surface area (Å²) in [5.41, 5.74) is 7.76. The normalized spacial score (nSPS) is 12.0. The van der Waals surface area contributed by atoms with Crippen molar-refractivity contribution in [3.63, 3.8) is 0 Å². The van der Waals surface area contributed by atoms with Crippen molar-refractivity contribution in [1.82, 2.24) is 0 Å². The Morgan fingerprint density at radius 1 is 0.281 bits per heavy atom. The van der Waals surface area contributed by atoms with Crippen LogP contribution in [0.5, 0.6) is 0 Å². The van der Waals surface area contributed by atoms with Crippen molar-refractivity contribution in [2.45, 2.75) is 0 Å². The van der Waals surface area contributed by atoms with Gasteiger partial charge in [-0.3, -0.25) is 0 Å². The predicted molar refractivity (Wildman–Crippen MR) is 133 cm³/mol. The van der Waals surface area contributed by atoms with Crippen LogP contribution in [0.1, 0.15) is 44.5 Å². The molecule has 0 bridgehead atoms. The second kappa shape index (κ2) is 8.98. The van der Waals surface area contributed by atoms with Crippen LogP contribution < -0.4 is 0 Å². The van der Waals surface area contributed by atoms with E-state index in [1.54, 1.807) is 0 Å². The van der Waals surface area contributed by atoms with Gasteiger partial charge in [0.25, 0.3) is 0 Å². The number of hydrogen-bond donors (Lipinski definition) is 0. The molecule has 0 unspecified atom stereocenters. The van der Waals surface area contributed by atoms with Crippen molar-refractivity contribution in [2.24, 2.45) is 0 Å². The summed E-state index contributed by atoms with van der Waals surface area (Å²) in [6.45, 7) is 0. The van der Waals surface area contributed by atoms with E-state index in [0.717, 1.165) is 44.5 Å². The molecular weight excluding hydrogens is 384 g/mol. The molecule has 4 aromatic carbocycles. The average molecular weight is 402 g/mol. The Bertz CT molecular complexity index is 1410. The number of fused-ring (bicyclic) bond motifs is 4. The molecule has 1 aliphatic carbocycles. The lowest BCUT2D eigenvalue weighted by molar-refractivity contribution is 1.55. The van der Waals surface area contributed by atoms with Gasteiger partial charge in [-0.05, 0) is 47.5 Å². The molecule has 0 fully saturated rings. The minimum atomic E-state index is 0.910. The zero-order chi connectivity index (χ0) is 21.6. The van der Waals surface area contributed by atoms with Crippen molar-refractivity contribution in [3.05, 3.63) is 142 Å². The van der Waals surface area contributed by atoms with Crippen LogP contribution in [0.4, 0.5) is 0 Å². The van der Waals surface area contributed by atoms with Crippen LogP contribution in [-0.4, -0.2) is 0 Å². The molecule has 0 amide bonds. The quantitative estimate of drug-likeness (QED) is 0.264. The first-order valence-electron chi connectivity index (χ1n) is 10.5. The molecule has 0 aliphatic heterocycles. The molecule has 0 saturated heterocycles. The standard InChI is InChI=1S/C32H18/c1-2-10-26-19-20-28-12-5-6-14-30(28)23-24-32-16-8-7-15-31(32)22-21-29-13-4-3-11-27(29)18-17-25(26)9-1/h1-18H/b18-17-,25-17?,27-18?. The van der Waals surface area contributed by atoms with E-state index < -0.39 is 0 Å². The minimum Gasteiger partial charge on any atom is -0.0616 e. The van der Waals surface area contributed by atoms with Crippen LogP contribution in [0.2, 0.25) is 0 Å². The summed E-state index contributed by atoms with van der Waals surface area (Å²) >= 11 is 0. The van der Waals surface area contributed by atoms with E-state index in [1.165, 1.54) is 0 Å². The Balaban J connectivity index is 1.75. The molecule has 0 heteroatoms. The smallest absolute Gasteiger partial charge is 0.0405 e. The summed E-state index contributed by atoms with van der Waals surface area (Å²) in [5.74, 6) is 20.0. The SMILES string of the molecule is C1#Cc2ccccc2C#Cc2ccccc2/C=C\c2ccccc2C#Cc2ccccc21. The Kier molecular flexibility index (Phi) is 5.41. The first-order valence-corrected chi connectivity index (χ1v) is 10.5. The van der Waals surface area contributed by atoms with Gasteiger partial charge in [0, 0.05) is 33.4 Å². The third-order valence-corrected chi connectivity index (χ3v) is 5.21. The van der Waals surface area contributed by atoms with Crippen LogP contribution in [0.3, 0.4) is 0 Å². The fraction of sp³-hybridized carbons (Fsp3) is 0. The largest absolute Gasteiger partial charge is 0.0616 e. The molecule has 1 aliphatic rings. The molecule has 0 spiro atoms. The van der Waals surface area contributed by atoms with Crippen LogP contribution in [0.25, 0.3) is 12.2 Å². The highest BCUT2D eigenvalue weighted by atomic mass is 14.0. The van der Waals surface area contributed by atoms with Crippen molar-refractivity contribution >= 4 is 12.2 Å². The van der Waals surface area contributed by atoms with Gasteiger partial charge < -0.3 is 0 Å². The zero-order valence-electron chi connectivity index (χ0n) is 17.4. The predicted octanol–water partition coefficient (Wildman–Crippen LogP) is 6.37. The molecule has 0 aromatic heterocycles. The Labute approximate surface area is 189 Å². The molecule has 0 saturated carbocycles. The van der Waals surface area contributed by atoms with Crippen molar-refractivity contribution < 1.29 is 0 Å². The molecule has 4 aromatic rings. The highest BCUT2D eigenvalue weighted by Crippen LogP contribution is 2.17. The van der Waals surface area contributed by atoms with Gasteiger partial charge >= 0.3 is 0 Å². The molecule has 0 nitrogen and oxygen atoms in total. The van der Waals surface area contributed by atoms with Gasteiger partial charge in [0.15, 0.2) is 0 Å². The zero-order valence-corrected chi connectivity index (χ0v) is 17.4. The van der Waals surface area contributed by atoms with Gasteiger partial charge in [0.05, 0.1) is 0 Å². The van der Waals surface area contributed by atoms with Gasteiger partial charge in [-0.25, -0.2) is 0 Å². The fourth-order valence-corrected chi connectivity index (χ4v) is 3.50. The second-order valence-corrected chi connectivity index (χ2v) is 7.35. The maximum Gasteiger partial charge on any atom is 0.0405 e. The topological polar surface area (TPSA) is 0 Å². The van der Waals surface area contributed by atoms with E-state index in [1.807, 2.05) is 84.9 Å². The Morgan fingerprint density at radius 3 is 0.875 bits per heavy atom. The monoisotopic (exact) mass is 402 g/mol. The van der Waals surface area contributed by atoms with Crippen molar-refractivity contribution in [1.29, 1.82) is 0 Å². The van der Waals surface area contributed by atoms with Gasteiger partial charge in [0.2, 0.25) is 0 Å². The Hall–Kier alpha value is -4.70. The Morgan fingerprint density at radius 2 is 0.531 bits per heavy atom. The van der Waals surface area contributed by atoms with Gasteiger partial charge in [-0.2, -0.15) is 0 Å². The maximum absolute atomic E-state index is 3.35. The van der Waals surface area contributed by atoms with Crippen LogP contribution in [-0.2, 0) is 0 Å². The third-order valence-electron chi connectivity index (χ3n) is 5.21. The number of rotatable bonds is 0. The van der Waals surface area contributed by atoms with Gasteiger partial charge in [0.1, 0.15) is 0 Å². The highest BCUT2D eigenvalue weighted by Gasteiger charge is 2.01. The lowest BCUT2D eigenvalue weighted by atomic mass is 10.0. The summed E-state index contributed by atoms with van der Waals surface area (Å²) in [4.78, 5) is 0. The van der Waals surface area contributed by atoms with E-state index in [9.17, 15) is 0 Å². The summed E-state index contributed by atoms with van der Waals surface area (Å²) < 4.78 is 0. The van der Waals surface area contributed by atoms with Crippen LogP contribution in [0.15, 0.2) is 97.1 Å². The van der Waals surface area contributed by atoms with E-state index in [4.69, 9.17) is 0 Å². The summed E-state index contributed by atoms with van der Waals surface area (Å²) in [7, 11) is 0. The molecular formula is C32H18. The van der Waals surface area contributed by atoms with E-state index in [-0.39, 0.29) is 0 Å². The molecule has 0 heterocycles. The van der Waals surface area contributed by atoms with E-state index >= 15 is 0 Å². The highest BCUT2D eigenvalue weighted by molar-refractivity contribution is 5.76. The van der Waals surface area contributed by atoms with Gasteiger partial charge in [-0.15, -0.1) is 0 Å². The minimum absolute atomic E-state index is 0.910. The average Bonchev–Trinajstić information content (AvgIpc) is 2.85. The molecule has 0 N–H and O–H groups in total. The lowest BCUT2D eigenvalue weighted by Crippen LogP contribution is -1.88. The van der Waals surface area contributed by atoms with Gasteiger partial charge in [-0.1, -0.05) is 108 Å². The number of benzene rings is 4. The third kappa shape index (κ3) is 4.25. The second-order valence-electron chi connectivity index (χ2n) is 7.35. The molecule has 0 atom stereocenters. The molecule has 5 rings (SSSR count). The summed E-state index contributed by atoms with van der Waals surface area (Å²) in [6.07, 6.45) is 4.21. The maximum atomic E-state index is 3.35. The summed E-state index contributed by atoms with van der Waals surface area (Å²) in [6, 6.07) is 32.4. The van der Waals surface area contributed by atoms with Crippen molar-refractivity contribution in [3.8, 4) is 35.5 Å². The number of hydrogen-bond acceptors (Lipinski definition) is 0. The van der Waals surface area contributed by atoms with E-state index in [0.29, 0.717) is 0 Å². The first kappa shape index (κ1) is 19.3. The fourth-order valence-electron chi connectivity index (χ4n) is 3.50. The summed E-state index contributed by atoms with van der Waals surface area (Å²) in [5, 5.41) is 0. The molecule has 32 heavy (non-hydrogen) atoms. The van der Waals surface area contributed by atoms with Crippen molar-refractivity contribution in [2.75, 3.05) is 0 Å². The molecule has 146 valence electrons. The van der Waals surface area contributed by atoms with Crippen LogP contribution >= 0.6 is 0 Å². The molecule has 0 radical (unpaired) electrons. The van der Waals surface area contributed by atoms with Crippen LogP contribution in [0, 0.1) is 35.5 Å². The van der Waals surface area contributed by atoms with E-state index in [2.05, 4.69) is 59.8 Å². The first-order chi connectivity index (χ1) is 15.9.